The van der Waals surface area contributed by atoms with Crippen molar-refractivity contribution in [2.24, 2.45) is 4.99 Å². The summed E-state index contributed by atoms with van der Waals surface area (Å²) in [6, 6.07) is 7.46. The van der Waals surface area contributed by atoms with Crippen LogP contribution in [0.1, 0.15) is 11.1 Å². The molecule has 0 aromatic heterocycles. The highest BCUT2D eigenvalue weighted by molar-refractivity contribution is 5.74. The van der Waals surface area contributed by atoms with Crippen LogP contribution >= 0.6 is 0 Å². The first kappa shape index (κ1) is 9.17. The van der Waals surface area contributed by atoms with Crippen LogP contribution in [-0.4, -0.2) is 6.08 Å². The van der Waals surface area contributed by atoms with Crippen molar-refractivity contribution in [3.8, 4) is 0 Å². The van der Waals surface area contributed by atoms with E-state index in [9.17, 15) is 4.79 Å². The first-order valence-corrected chi connectivity index (χ1v) is 3.78. The van der Waals surface area contributed by atoms with Crippen LogP contribution < -0.4 is 0 Å². The van der Waals surface area contributed by atoms with Gasteiger partial charge in [0.05, 0.1) is 5.70 Å². The number of aliphatic imine (C=N–C) groups is 1. The summed E-state index contributed by atoms with van der Waals surface area (Å²) in [5.41, 5.74) is 2.12. The van der Waals surface area contributed by atoms with Gasteiger partial charge in [0.1, 0.15) is 0 Å². The third kappa shape index (κ3) is 2.01. The first-order chi connectivity index (χ1) is 6.29. The Morgan fingerprint density at radius 1 is 1.46 bits per heavy atom. The second-order valence-electron chi connectivity index (χ2n) is 2.44. The molecule has 0 amide bonds. The minimum Gasteiger partial charge on any atom is -0.211 e. The van der Waals surface area contributed by atoms with Gasteiger partial charge in [0.25, 0.3) is 0 Å². The molecule has 0 N–H and O–H groups in total. The molecule has 1 rings (SSSR count). The molecule has 13 heavy (non-hydrogen) atoms. The van der Waals surface area contributed by atoms with Gasteiger partial charge in [-0.05, 0) is 5.56 Å². The lowest BCUT2D eigenvalue weighted by molar-refractivity contribution is 0.565. The number of hydrogen-bond acceptors (Lipinski definition) is 2. The van der Waals surface area contributed by atoms with Crippen molar-refractivity contribution >= 4 is 17.9 Å². The number of nitrogens with zero attached hydrogens (tertiary/aromatic N) is 1. The zero-order valence-corrected chi connectivity index (χ0v) is 7.16. The van der Waals surface area contributed by atoms with E-state index in [2.05, 4.69) is 18.2 Å². The molecular weight excluding hydrogens is 162 g/mol. The average molecular weight is 171 g/mol. The Bertz CT molecular complexity index is 387. The van der Waals surface area contributed by atoms with E-state index in [1.54, 1.807) is 6.08 Å². The molecule has 0 saturated carbocycles. The zero-order valence-electron chi connectivity index (χ0n) is 7.16. The number of carbonyl (C=O) groups excluding carboxylic acids is 1. The Morgan fingerprint density at radius 3 is 2.77 bits per heavy atom. The predicted octanol–water partition coefficient (Wildman–Crippen LogP) is 2.64. The maximum atomic E-state index is 10.0. The van der Waals surface area contributed by atoms with Gasteiger partial charge in [-0.3, -0.25) is 0 Å². The SMILES string of the molecule is C=Cc1ccccc1C(=C)N=C=O. The largest absolute Gasteiger partial charge is 0.240 e. The van der Waals surface area contributed by atoms with E-state index >= 15 is 0 Å². The lowest BCUT2D eigenvalue weighted by Gasteiger charge is -2.02. The Labute approximate surface area is 76.9 Å². The fraction of sp³-hybridized carbons (Fsp3) is 0. The zero-order chi connectivity index (χ0) is 9.68. The Kier molecular flexibility index (Phi) is 2.96. The molecule has 0 fully saturated rings. The highest BCUT2D eigenvalue weighted by Crippen LogP contribution is 2.18. The van der Waals surface area contributed by atoms with Crippen LogP contribution in [0.5, 0.6) is 0 Å². The smallest absolute Gasteiger partial charge is 0.211 e. The summed E-state index contributed by atoms with van der Waals surface area (Å²) >= 11 is 0. The van der Waals surface area contributed by atoms with Gasteiger partial charge in [-0.25, -0.2) is 4.79 Å². The van der Waals surface area contributed by atoms with Crippen LogP contribution in [0.4, 0.5) is 0 Å². The van der Waals surface area contributed by atoms with Crippen LogP contribution in [0.25, 0.3) is 11.8 Å². The topological polar surface area (TPSA) is 29.4 Å². The monoisotopic (exact) mass is 171 g/mol. The van der Waals surface area contributed by atoms with E-state index in [0.717, 1.165) is 11.1 Å². The van der Waals surface area contributed by atoms with Crippen LogP contribution in [0.2, 0.25) is 0 Å². The van der Waals surface area contributed by atoms with Crippen molar-refractivity contribution in [3.05, 3.63) is 48.6 Å². The van der Waals surface area contributed by atoms with E-state index in [0.29, 0.717) is 5.70 Å². The fourth-order valence-electron chi connectivity index (χ4n) is 1.05. The molecule has 2 nitrogen and oxygen atoms in total. The van der Waals surface area contributed by atoms with Gasteiger partial charge in [-0.2, -0.15) is 4.99 Å². The normalized spacial score (nSPS) is 8.62. The van der Waals surface area contributed by atoms with Gasteiger partial charge in [0.15, 0.2) is 0 Å². The van der Waals surface area contributed by atoms with Gasteiger partial charge < -0.3 is 0 Å². The maximum Gasteiger partial charge on any atom is 0.240 e. The Balaban J connectivity index is 3.20. The van der Waals surface area contributed by atoms with Crippen molar-refractivity contribution in [2.75, 3.05) is 0 Å². The molecule has 0 saturated heterocycles. The van der Waals surface area contributed by atoms with E-state index in [1.165, 1.54) is 6.08 Å². The van der Waals surface area contributed by atoms with Crippen LogP contribution in [-0.2, 0) is 4.79 Å². The summed E-state index contributed by atoms with van der Waals surface area (Å²) in [7, 11) is 0. The predicted molar refractivity (Wildman–Crippen MR) is 53.7 cm³/mol. The van der Waals surface area contributed by atoms with Gasteiger partial charge in [-0.15, -0.1) is 0 Å². The Hall–Kier alpha value is -1.92. The van der Waals surface area contributed by atoms with E-state index in [-0.39, 0.29) is 0 Å². The molecule has 2 heteroatoms. The van der Waals surface area contributed by atoms with Gasteiger partial charge >= 0.3 is 0 Å². The Morgan fingerprint density at radius 2 is 2.15 bits per heavy atom. The summed E-state index contributed by atoms with van der Waals surface area (Å²) in [6.07, 6.45) is 3.15. The molecule has 0 spiro atoms. The molecule has 0 aliphatic carbocycles. The molecule has 64 valence electrons. The molecule has 0 heterocycles. The first-order valence-electron chi connectivity index (χ1n) is 3.78. The lowest BCUT2D eigenvalue weighted by atomic mass is 10.1. The van der Waals surface area contributed by atoms with E-state index in [1.807, 2.05) is 24.3 Å². The third-order valence-electron chi connectivity index (χ3n) is 1.67. The van der Waals surface area contributed by atoms with Crippen molar-refractivity contribution in [1.29, 1.82) is 0 Å². The standard InChI is InChI=1S/C11H9NO/c1-3-10-6-4-5-7-11(10)9(2)12-8-13/h3-7H,1-2H2. The van der Waals surface area contributed by atoms with Crippen molar-refractivity contribution in [2.45, 2.75) is 0 Å². The summed E-state index contributed by atoms with van der Waals surface area (Å²) in [5, 5.41) is 0. The van der Waals surface area contributed by atoms with Crippen LogP contribution in [0, 0.1) is 0 Å². The maximum absolute atomic E-state index is 10.0. The number of hydrogen-bond donors (Lipinski definition) is 0. The summed E-state index contributed by atoms with van der Waals surface area (Å²) < 4.78 is 0. The van der Waals surface area contributed by atoms with Crippen molar-refractivity contribution in [3.63, 3.8) is 0 Å². The highest BCUT2D eigenvalue weighted by Gasteiger charge is 2.00. The minimum atomic E-state index is 0.408. The molecule has 1 aromatic rings. The van der Waals surface area contributed by atoms with Crippen LogP contribution in [0.15, 0.2) is 42.4 Å². The lowest BCUT2D eigenvalue weighted by Crippen LogP contribution is -1.83. The second-order valence-corrected chi connectivity index (χ2v) is 2.44. The average Bonchev–Trinajstić information content (AvgIpc) is 2.18. The van der Waals surface area contributed by atoms with Crippen molar-refractivity contribution < 1.29 is 4.79 Å². The van der Waals surface area contributed by atoms with Crippen molar-refractivity contribution in [1.82, 2.24) is 0 Å². The summed E-state index contributed by atoms with van der Waals surface area (Å²) in [5.74, 6) is 0. The number of rotatable bonds is 3. The molecule has 0 aliphatic heterocycles. The number of isocyanates is 1. The fourth-order valence-corrected chi connectivity index (χ4v) is 1.05. The van der Waals surface area contributed by atoms with E-state index < -0.39 is 0 Å². The minimum absolute atomic E-state index is 0.408. The number of benzene rings is 1. The van der Waals surface area contributed by atoms with E-state index in [4.69, 9.17) is 0 Å². The quantitative estimate of drug-likeness (QED) is 0.507. The van der Waals surface area contributed by atoms with Crippen LogP contribution in [0.3, 0.4) is 0 Å². The molecular formula is C11H9NO. The molecule has 0 radical (unpaired) electrons. The molecule has 1 aromatic carbocycles. The van der Waals surface area contributed by atoms with Gasteiger partial charge in [-0.1, -0.05) is 43.5 Å². The summed E-state index contributed by atoms with van der Waals surface area (Å²) in [6.45, 7) is 7.30. The molecule has 0 aliphatic rings. The molecule has 0 unspecified atom stereocenters. The third-order valence-corrected chi connectivity index (χ3v) is 1.67. The molecule has 0 bridgehead atoms. The summed E-state index contributed by atoms with van der Waals surface area (Å²) in [4.78, 5) is 13.5. The second kappa shape index (κ2) is 4.19. The van der Waals surface area contributed by atoms with Gasteiger partial charge in [0, 0.05) is 5.56 Å². The van der Waals surface area contributed by atoms with Gasteiger partial charge in [0.2, 0.25) is 6.08 Å². The highest BCUT2D eigenvalue weighted by atomic mass is 16.1. The molecule has 0 atom stereocenters.